The molecule has 0 spiro atoms. The minimum Gasteiger partial charge on any atom is -0.469 e. The molecule has 1 aliphatic rings. The largest absolute Gasteiger partial charge is 0.469 e. The summed E-state index contributed by atoms with van der Waals surface area (Å²) in [6.07, 6.45) is 3.57. The Hall–Kier alpha value is -3.91. The number of nitrogens with zero attached hydrogens (tertiary/aromatic N) is 3. The van der Waals surface area contributed by atoms with Crippen LogP contribution in [0.2, 0.25) is 0 Å². The maximum absolute atomic E-state index is 13.7. The van der Waals surface area contributed by atoms with Gasteiger partial charge in [0.2, 0.25) is 5.91 Å². The van der Waals surface area contributed by atoms with Crippen LogP contribution in [0.4, 0.5) is 0 Å². The van der Waals surface area contributed by atoms with Crippen molar-refractivity contribution in [2.75, 3.05) is 88.2 Å². The quantitative estimate of drug-likeness (QED) is 0.110. The Morgan fingerprint density at radius 1 is 0.939 bits per heavy atom. The number of aromatic nitrogens is 1. The molecule has 13 nitrogen and oxygen atoms in total. The Balaban J connectivity index is 2.36. The van der Waals surface area contributed by atoms with Crippen LogP contribution in [0.1, 0.15) is 50.7 Å². The summed E-state index contributed by atoms with van der Waals surface area (Å²) >= 11 is 0. The molecule has 0 aromatic carbocycles. The number of ether oxygens (including phenoxy) is 6. The lowest BCUT2D eigenvalue weighted by Crippen LogP contribution is -2.31. The number of nitrogens with one attached hydrogen (secondary N) is 1. The summed E-state index contributed by atoms with van der Waals surface area (Å²) in [6.45, 7) is 13.4. The Morgan fingerprint density at radius 3 is 2.14 bits per heavy atom. The number of methoxy groups -OCH3 is 3. The highest BCUT2D eigenvalue weighted by molar-refractivity contribution is 6.27. The van der Waals surface area contributed by atoms with Crippen molar-refractivity contribution in [2.45, 2.75) is 52.9 Å². The number of esters is 2. The first kappa shape index (κ1) is 41.3. The van der Waals surface area contributed by atoms with Crippen molar-refractivity contribution in [3.05, 3.63) is 44.2 Å². The molecule has 272 valence electrons. The minimum absolute atomic E-state index is 0.0850. The zero-order valence-electron chi connectivity index (χ0n) is 30.5. The summed E-state index contributed by atoms with van der Waals surface area (Å²) in [5, 5.41) is 1.67. The number of hydrogen-bond donors (Lipinski definition) is 1. The van der Waals surface area contributed by atoms with Gasteiger partial charge in [-0.1, -0.05) is 13.5 Å². The number of rotatable bonds is 22. The van der Waals surface area contributed by atoms with Gasteiger partial charge in [0.25, 0.3) is 0 Å². The molecule has 13 heteroatoms. The average Bonchev–Trinajstić information content (AvgIpc) is 3.56. The van der Waals surface area contributed by atoms with Gasteiger partial charge < -0.3 is 38.3 Å². The fraction of sp³-hybridized carbons (Fsp3) is 0.583. The third-order valence-electron chi connectivity index (χ3n) is 8.20. The van der Waals surface area contributed by atoms with E-state index in [1.54, 1.807) is 26.1 Å². The van der Waals surface area contributed by atoms with Gasteiger partial charge in [0.1, 0.15) is 0 Å². The van der Waals surface area contributed by atoms with Crippen LogP contribution in [0, 0.1) is 6.92 Å². The van der Waals surface area contributed by atoms with Crippen LogP contribution in [0.3, 0.4) is 0 Å². The number of H-pyrrole nitrogens is 1. The van der Waals surface area contributed by atoms with E-state index in [-0.39, 0.29) is 30.3 Å². The molecule has 1 N–H and O–H groups in total. The molecule has 49 heavy (non-hydrogen) atoms. The number of aliphatic imine (C=N–C) groups is 2. The van der Waals surface area contributed by atoms with Gasteiger partial charge in [0.05, 0.1) is 83.9 Å². The van der Waals surface area contributed by atoms with Gasteiger partial charge >= 0.3 is 11.9 Å². The van der Waals surface area contributed by atoms with Gasteiger partial charge in [-0.2, -0.15) is 0 Å². The van der Waals surface area contributed by atoms with Gasteiger partial charge in [-0.05, 0) is 55.9 Å². The van der Waals surface area contributed by atoms with Crippen LogP contribution in [-0.4, -0.2) is 127 Å². The van der Waals surface area contributed by atoms with Gasteiger partial charge in [0, 0.05) is 56.2 Å². The molecule has 0 fully saturated rings. The molecule has 0 aliphatic carbocycles. The second-order valence-corrected chi connectivity index (χ2v) is 11.4. The summed E-state index contributed by atoms with van der Waals surface area (Å²) in [5.74, 6) is -1.13. The summed E-state index contributed by atoms with van der Waals surface area (Å²) in [5.41, 5.74) is 4.99. The number of amides is 1. The predicted octanol–water partition coefficient (Wildman–Crippen LogP) is 2.23. The normalized spacial score (nSPS) is 14.7. The minimum atomic E-state index is -0.573. The molecule has 2 rings (SSSR count). The lowest BCUT2D eigenvalue weighted by Gasteiger charge is -2.20. The van der Waals surface area contributed by atoms with Crippen LogP contribution in [-0.2, 0) is 49.2 Å². The smallest absolute Gasteiger partial charge is 0.340 e. The van der Waals surface area contributed by atoms with E-state index in [4.69, 9.17) is 33.4 Å². The van der Waals surface area contributed by atoms with Gasteiger partial charge in [0.15, 0.2) is 0 Å². The first-order chi connectivity index (χ1) is 23.5. The molecule has 0 saturated heterocycles. The topological polar surface area (TPSA) is 150 Å². The number of aromatic amines is 1. The van der Waals surface area contributed by atoms with Crippen LogP contribution in [0.15, 0.2) is 32.4 Å². The van der Waals surface area contributed by atoms with Crippen LogP contribution < -0.4 is 10.7 Å². The zero-order chi connectivity index (χ0) is 36.3. The maximum atomic E-state index is 13.7. The Morgan fingerprint density at radius 2 is 1.57 bits per heavy atom. The fourth-order valence-corrected chi connectivity index (χ4v) is 5.23. The second kappa shape index (κ2) is 21.9. The fourth-order valence-electron chi connectivity index (χ4n) is 5.23. The lowest BCUT2D eigenvalue weighted by molar-refractivity contribution is -0.140. The molecule has 0 bridgehead atoms. The van der Waals surface area contributed by atoms with Crippen LogP contribution in [0.5, 0.6) is 0 Å². The number of allylic oxidation sites excluding steroid dienone is 1. The maximum Gasteiger partial charge on any atom is 0.340 e. The van der Waals surface area contributed by atoms with E-state index in [0.717, 1.165) is 28.2 Å². The van der Waals surface area contributed by atoms with E-state index >= 15 is 0 Å². The van der Waals surface area contributed by atoms with Gasteiger partial charge in [-0.25, -0.2) is 9.79 Å². The molecule has 1 amide bonds. The molecule has 0 radical (unpaired) electrons. The molecule has 1 aliphatic heterocycles. The van der Waals surface area contributed by atoms with Crippen molar-refractivity contribution < 1.29 is 42.8 Å². The highest BCUT2D eigenvalue weighted by Gasteiger charge is 2.31. The predicted molar refractivity (Wildman–Crippen MR) is 189 cm³/mol. The molecule has 2 heterocycles. The Kier molecular flexibility index (Phi) is 18.5. The SMILES string of the molecule is C=c1[nH]/c(=C\C2=NC(=C(/CC(=O)N(C)CCOCCOCCOCCOC)C(CCCC(=O)OC)=NC)/C(C(=O)OC)=C2C)c(CC)c1C. The Bertz CT molecular complexity index is 1520. The zero-order valence-corrected chi connectivity index (χ0v) is 30.5. The van der Waals surface area contributed by atoms with Crippen molar-refractivity contribution in [3.63, 3.8) is 0 Å². The number of carbonyl (C=O) groups excluding carboxylic acids is 3. The summed E-state index contributed by atoms with van der Waals surface area (Å²) < 4.78 is 31.5. The molecular weight excluding hydrogens is 632 g/mol. The molecule has 1 aromatic heterocycles. The first-order valence-electron chi connectivity index (χ1n) is 16.5. The highest BCUT2D eigenvalue weighted by atomic mass is 16.6. The monoisotopic (exact) mass is 686 g/mol. The third kappa shape index (κ3) is 12.5. The third-order valence-corrected chi connectivity index (χ3v) is 8.20. The van der Waals surface area contributed by atoms with E-state index in [9.17, 15) is 14.4 Å². The Labute approximate surface area is 289 Å². The summed E-state index contributed by atoms with van der Waals surface area (Å²) in [4.78, 5) is 53.1. The molecule has 0 saturated carbocycles. The van der Waals surface area contributed by atoms with E-state index in [0.29, 0.717) is 93.9 Å². The van der Waals surface area contributed by atoms with Crippen molar-refractivity contribution in [2.24, 2.45) is 9.98 Å². The summed E-state index contributed by atoms with van der Waals surface area (Å²) in [7, 11) is 7.58. The van der Waals surface area contributed by atoms with E-state index < -0.39 is 5.97 Å². The number of likely N-dealkylation sites (N-methyl/N-ethyl adjacent to an activating group) is 1. The first-order valence-corrected chi connectivity index (χ1v) is 16.5. The number of carbonyl (C=O) groups is 3. The lowest BCUT2D eigenvalue weighted by atomic mass is 9.94. The van der Waals surface area contributed by atoms with Crippen molar-refractivity contribution in [3.8, 4) is 0 Å². The highest BCUT2D eigenvalue weighted by Crippen LogP contribution is 2.32. The van der Waals surface area contributed by atoms with Crippen molar-refractivity contribution >= 4 is 41.9 Å². The van der Waals surface area contributed by atoms with E-state index in [2.05, 4.69) is 23.5 Å². The van der Waals surface area contributed by atoms with Gasteiger partial charge in [-0.15, -0.1) is 0 Å². The standard InChI is InChI=1S/C36H54N4O9/c1-10-27-24(2)26(4)38-31(27)23-30-25(3)34(36(43)46-9)35(39-30)28(29(37-5)12-11-13-33(42)45-8)22-32(41)40(6)14-15-47-18-19-49-21-20-48-17-16-44-7/h23,38H,4,10-22H2,1-3,5-9H3/b31-23-,35-28-,37-29?. The summed E-state index contributed by atoms with van der Waals surface area (Å²) in [6, 6.07) is 0. The van der Waals surface area contributed by atoms with E-state index in [1.807, 2.05) is 19.9 Å². The second-order valence-electron chi connectivity index (χ2n) is 11.4. The van der Waals surface area contributed by atoms with Crippen molar-refractivity contribution in [1.29, 1.82) is 0 Å². The molecular formula is C36H54N4O9. The molecule has 0 atom stereocenters. The number of hydrogen-bond acceptors (Lipinski definition) is 11. The van der Waals surface area contributed by atoms with Crippen molar-refractivity contribution in [1.82, 2.24) is 9.88 Å². The van der Waals surface area contributed by atoms with Crippen LogP contribution >= 0.6 is 0 Å². The van der Waals surface area contributed by atoms with Crippen LogP contribution in [0.25, 0.3) is 12.7 Å². The average molecular weight is 687 g/mol. The molecule has 0 unspecified atom stereocenters. The van der Waals surface area contributed by atoms with E-state index in [1.165, 1.54) is 14.2 Å². The molecule has 1 aromatic rings. The van der Waals surface area contributed by atoms with Gasteiger partial charge in [-0.3, -0.25) is 14.6 Å².